The maximum atomic E-state index is 3.55. The summed E-state index contributed by atoms with van der Waals surface area (Å²) in [6, 6.07) is 9.21. The average molecular weight is 288 g/mol. The molecule has 1 fully saturated rings. The molecule has 1 aliphatic rings. The Bertz CT molecular complexity index is 412. The smallest absolute Gasteiger partial charge is 0.0233 e. The monoisotopic (exact) mass is 288 g/mol. The summed E-state index contributed by atoms with van der Waals surface area (Å²) >= 11 is 0. The van der Waals surface area contributed by atoms with Crippen molar-refractivity contribution in [2.45, 2.75) is 59.0 Å². The fourth-order valence-corrected chi connectivity index (χ4v) is 2.62. The van der Waals surface area contributed by atoms with Crippen molar-refractivity contribution >= 4 is 0 Å². The van der Waals surface area contributed by atoms with E-state index in [4.69, 9.17) is 0 Å². The number of nitrogens with one attached hydrogen (secondary N) is 1. The van der Waals surface area contributed by atoms with Crippen molar-refractivity contribution in [2.24, 2.45) is 5.92 Å². The highest BCUT2D eigenvalue weighted by Crippen LogP contribution is 2.30. The Balaban J connectivity index is 1.77. The van der Waals surface area contributed by atoms with Gasteiger partial charge in [-0.15, -0.1) is 0 Å². The van der Waals surface area contributed by atoms with Crippen LogP contribution < -0.4 is 5.32 Å². The standard InChI is InChI=1S/C19H32N2/c1-5-21(15-18-10-11-18)14-17-8-6-16(7-9-17)12-13-20-19(2,3)4/h6-9,18,20H,5,10-15H2,1-4H3. The van der Waals surface area contributed by atoms with E-state index in [1.54, 1.807) is 0 Å². The molecule has 1 saturated carbocycles. The molecular formula is C19H32N2. The van der Waals surface area contributed by atoms with Crippen LogP contribution in [0.15, 0.2) is 24.3 Å². The first-order valence-electron chi connectivity index (χ1n) is 8.51. The molecule has 2 rings (SSSR count). The number of hydrogen-bond donors (Lipinski definition) is 1. The summed E-state index contributed by atoms with van der Waals surface area (Å²) in [5.74, 6) is 0.979. The fourth-order valence-electron chi connectivity index (χ4n) is 2.62. The van der Waals surface area contributed by atoms with Crippen molar-refractivity contribution in [1.29, 1.82) is 0 Å². The van der Waals surface area contributed by atoms with Gasteiger partial charge in [0.05, 0.1) is 0 Å². The summed E-state index contributed by atoms with van der Waals surface area (Å²) in [5.41, 5.74) is 3.09. The van der Waals surface area contributed by atoms with E-state index in [0.717, 1.165) is 32.0 Å². The van der Waals surface area contributed by atoms with Gasteiger partial charge in [-0.3, -0.25) is 4.90 Å². The van der Waals surface area contributed by atoms with Crippen LogP contribution >= 0.6 is 0 Å². The topological polar surface area (TPSA) is 15.3 Å². The molecule has 0 amide bonds. The van der Waals surface area contributed by atoms with E-state index in [1.807, 2.05) is 0 Å². The number of rotatable bonds is 8. The fraction of sp³-hybridized carbons (Fsp3) is 0.684. The molecular weight excluding hydrogens is 256 g/mol. The summed E-state index contributed by atoms with van der Waals surface area (Å²) in [6.45, 7) is 13.5. The first-order valence-corrected chi connectivity index (χ1v) is 8.51. The third-order valence-electron chi connectivity index (χ3n) is 4.16. The molecule has 2 nitrogen and oxygen atoms in total. The van der Waals surface area contributed by atoms with Gasteiger partial charge >= 0.3 is 0 Å². The van der Waals surface area contributed by atoms with Gasteiger partial charge in [0.25, 0.3) is 0 Å². The summed E-state index contributed by atoms with van der Waals surface area (Å²) in [7, 11) is 0. The molecule has 2 heteroatoms. The quantitative estimate of drug-likeness (QED) is 0.781. The van der Waals surface area contributed by atoms with Crippen LogP contribution in [0.25, 0.3) is 0 Å². The lowest BCUT2D eigenvalue weighted by Gasteiger charge is -2.21. The van der Waals surface area contributed by atoms with E-state index < -0.39 is 0 Å². The largest absolute Gasteiger partial charge is 0.312 e. The van der Waals surface area contributed by atoms with Crippen LogP contribution in [0.3, 0.4) is 0 Å². The Labute approximate surface area is 130 Å². The maximum Gasteiger partial charge on any atom is 0.0233 e. The molecule has 0 aliphatic heterocycles. The SMILES string of the molecule is CCN(Cc1ccc(CCNC(C)(C)C)cc1)CC1CC1. The van der Waals surface area contributed by atoms with Crippen molar-refractivity contribution < 1.29 is 0 Å². The molecule has 0 heterocycles. The second-order valence-corrected chi connectivity index (χ2v) is 7.51. The van der Waals surface area contributed by atoms with Gasteiger partial charge in [-0.05, 0) is 70.2 Å². The van der Waals surface area contributed by atoms with Gasteiger partial charge in [0.15, 0.2) is 0 Å². The summed E-state index contributed by atoms with van der Waals surface area (Å²) in [4.78, 5) is 2.58. The Morgan fingerprint density at radius 2 is 1.71 bits per heavy atom. The van der Waals surface area contributed by atoms with Crippen molar-refractivity contribution in [2.75, 3.05) is 19.6 Å². The molecule has 0 bridgehead atoms. The Hall–Kier alpha value is -0.860. The molecule has 1 aliphatic carbocycles. The zero-order chi connectivity index (χ0) is 15.3. The van der Waals surface area contributed by atoms with Crippen LogP contribution in [-0.4, -0.2) is 30.1 Å². The lowest BCUT2D eigenvalue weighted by molar-refractivity contribution is 0.268. The van der Waals surface area contributed by atoms with Crippen LogP contribution in [0.5, 0.6) is 0 Å². The van der Waals surface area contributed by atoms with Gasteiger partial charge in [0.2, 0.25) is 0 Å². The molecule has 0 atom stereocenters. The summed E-state index contributed by atoms with van der Waals surface area (Å²) in [5, 5.41) is 3.55. The predicted octanol–water partition coefficient (Wildman–Crippen LogP) is 3.85. The molecule has 0 saturated heterocycles. The van der Waals surface area contributed by atoms with Crippen LogP contribution in [0, 0.1) is 5.92 Å². The molecule has 0 unspecified atom stereocenters. The van der Waals surface area contributed by atoms with Gasteiger partial charge in [0, 0.05) is 18.6 Å². The summed E-state index contributed by atoms with van der Waals surface area (Å²) < 4.78 is 0. The second-order valence-electron chi connectivity index (χ2n) is 7.51. The van der Waals surface area contributed by atoms with E-state index in [2.05, 4.69) is 62.2 Å². The van der Waals surface area contributed by atoms with E-state index in [1.165, 1.54) is 30.5 Å². The van der Waals surface area contributed by atoms with Crippen molar-refractivity contribution in [1.82, 2.24) is 10.2 Å². The molecule has 1 aromatic carbocycles. The number of benzene rings is 1. The third-order valence-corrected chi connectivity index (χ3v) is 4.16. The number of nitrogens with zero attached hydrogens (tertiary/aromatic N) is 1. The van der Waals surface area contributed by atoms with Crippen molar-refractivity contribution in [3.8, 4) is 0 Å². The Kier molecular flexibility index (Phi) is 5.83. The first kappa shape index (κ1) is 16.5. The van der Waals surface area contributed by atoms with Gasteiger partial charge < -0.3 is 5.32 Å². The molecule has 0 aromatic heterocycles. The van der Waals surface area contributed by atoms with Crippen LogP contribution in [0.2, 0.25) is 0 Å². The molecule has 1 N–H and O–H groups in total. The van der Waals surface area contributed by atoms with E-state index >= 15 is 0 Å². The minimum absolute atomic E-state index is 0.213. The Morgan fingerprint density at radius 1 is 1.10 bits per heavy atom. The highest BCUT2D eigenvalue weighted by atomic mass is 15.1. The highest BCUT2D eigenvalue weighted by molar-refractivity contribution is 5.22. The minimum Gasteiger partial charge on any atom is -0.312 e. The van der Waals surface area contributed by atoms with Gasteiger partial charge in [-0.2, -0.15) is 0 Å². The van der Waals surface area contributed by atoms with E-state index in [9.17, 15) is 0 Å². The Morgan fingerprint density at radius 3 is 2.24 bits per heavy atom. The highest BCUT2D eigenvalue weighted by Gasteiger charge is 2.23. The van der Waals surface area contributed by atoms with Crippen molar-refractivity contribution in [3.05, 3.63) is 35.4 Å². The van der Waals surface area contributed by atoms with Gasteiger partial charge in [-0.1, -0.05) is 31.2 Å². The van der Waals surface area contributed by atoms with Crippen LogP contribution in [0.1, 0.15) is 51.7 Å². The lowest BCUT2D eigenvalue weighted by atomic mass is 10.1. The molecule has 118 valence electrons. The van der Waals surface area contributed by atoms with Gasteiger partial charge in [0.1, 0.15) is 0 Å². The third kappa shape index (κ3) is 6.62. The molecule has 1 aromatic rings. The maximum absolute atomic E-state index is 3.55. The zero-order valence-electron chi connectivity index (χ0n) is 14.3. The average Bonchev–Trinajstić information content (AvgIpc) is 3.22. The first-order chi connectivity index (χ1) is 9.96. The lowest BCUT2D eigenvalue weighted by Crippen LogP contribution is -2.37. The van der Waals surface area contributed by atoms with Crippen molar-refractivity contribution in [3.63, 3.8) is 0 Å². The summed E-state index contributed by atoms with van der Waals surface area (Å²) in [6.07, 6.45) is 3.99. The second kappa shape index (κ2) is 7.42. The predicted molar refractivity (Wildman–Crippen MR) is 91.6 cm³/mol. The van der Waals surface area contributed by atoms with Gasteiger partial charge in [-0.25, -0.2) is 0 Å². The molecule has 21 heavy (non-hydrogen) atoms. The normalized spacial score (nSPS) is 15.7. The molecule has 0 radical (unpaired) electrons. The minimum atomic E-state index is 0.213. The van der Waals surface area contributed by atoms with E-state index in [-0.39, 0.29) is 5.54 Å². The molecule has 0 spiro atoms. The number of hydrogen-bond acceptors (Lipinski definition) is 2. The van der Waals surface area contributed by atoms with Crippen LogP contribution in [0.4, 0.5) is 0 Å². The zero-order valence-corrected chi connectivity index (χ0v) is 14.3. The van der Waals surface area contributed by atoms with E-state index in [0.29, 0.717) is 0 Å². The van der Waals surface area contributed by atoms with Crippen LogP contribution in [-0.2, 0) is 13.0 Å².